The van der Waals surface area contributed by atoms with Crippen LogP contribution < -0.4 is 5.32 Å². The molecule has 1 fully saturated rings. The van der Waals surface area contributed by atoms with E-state index in [2.05, 4.69) is 15.4 Å². The lowest BCUT2D eigenvalue weighted by Gasteiger charge is -2.19. The molecule has 0 saturated carbocycles. The van der Waals surface area contributed by atoms with Gasteiger partial charge in [0.1, 0.15) is 11.6 Å². The van der Waals surface area contributed by atoms with Crippen LogP contribution in [0.15, 0.2) is 24.3 Å². The smallest absolute Gasteiger partial charge is 0.220 e. The molecule has 23 heavy (non-hydrogen) atoms. The van der Waals surface area contributed by atoms with Gasteiger partial charge in [0.2, 0.25) is 5.91 Å². The van der Waals surface area contributed by atoms with E-state index in [-0.39, 0.29) is 24.3 Å². The first-order chi connectivity index (χ1) is 10.8. The summed E-state index contributed by atoms with van der Waals surface area (Å²) in [6, 6.07) is 5.70. The van der Waals surface area contributed by atoms with Gasteiger partial charge in [-0.2, -0.15) is 5.10 Å². The van der Waals surface area contributed by atoms with Gasteiger partial charge in [-0.1, -0.05) is 0 Å². The zero-order chi connectivity index (χ0) is 16.6. The van der Waals surface area contributed by atoms with Crippen molar-refractivity contribution in [3.05, 3.63) is 35.9 Å². The van der Waals surface area contributed by atoms with Crippen molar-refractivity contribution in [2.45, 2.75) is 44.9 Å². The molecule has 0 radical (unpaired) electrons. The molecule has 1 saturated heterocycles. The van der Waals surface area contributed by atoms with Crippen molar-refractivity contribution in [1.29, 1.82) is 0 Å². The summed E-state index contributed by atoms with van der Waals surface area (Å²) < 4.78 is 14.7. The number of carbonyl (C=O) groups excluding carboxylic acids is 1. The van der Waals surface area contributed by atoms with Crippen LogP contribution in [0.25, 0.3) is 11.4 Å². The van der Waals surface area contributed by atoms with E-state index in [4.69, 9.17) is 0 Å². The van der Waals surface area contributed by atoms with E-state index in [0.717, 1.165) is 0 Å². The Hall–Kier alpha value is -2.28. The lowest BCUT2D eigenvalue weighted by Crippen LogP contribution is -2.30. The number of hydrogen-bond donors (Lipinski definition) is 2. The van der Waals surface area contributed by atoms with Crippen molar-refractivity contribution in [3.63, 3.8) is 0 Å². The number of amides is 1. The summed E-state index contributed by atoms with van der Waals surface area (Å²) in [5.41, 5.74) is -0.281. The number of hydrogen-bond acceptors (Lipinski definition) is 4. The molecule has 1 aromatic heterocycles. The Kier molecular flexibility index (Phi) is 3.89. The van der Waals surface area contributed by atoms with Crippen LogP contribution in [-0.2, 0) is 11.3 Å². The molecule has 0 aliphatic carbocycles. The van der Waals surface area contributed by atoms with E-state index in [0.29, 0.717) is 30.1 Å². The van der Waals surface area contributed by atoms with Crippen LogP contribution in [-0.4, -0.2) is 31.4 Å². The highest BCUT2D eigenvalue weighted by Crippen LogP contribution is 2.26. The second-order valence-corrected chi connectivity index (χ2v) is 6.43. The molecule has 1 atom stereocenters. The van der Waals surface area contributed by atoms with Gasteiger partial charge in [0.05, 0.1) is 18.2 Å². The Bertz CT molecular complexity index is 719. The number of aromatic nitrogens is 3. The molecule has 122 valence electrons. The first kappa shape index (κ1) is 15.6. The predicted octanol–water partition coefficient (Wildman–Crippen LogP) is 1.81. The number of nitrogens with zero attached hydrogens (tertiary/aromatic N) is 3. The van der Waals surface area contributed by atoms with Gasteiger partial charge in [-0.3, -0.25) is 4.79 Å². The molecule has 2 aromatic rings. The first-order valence-corrected chi connectivity index (χ1v) is 7.54. The molecular formula is C16H19FN4O2. The third kappa shape index (κ3) is 3.56. The second-order valence-electron chi connectivity index (χ2n) is 6.43. The van der Waals surface area contributed by atoms with Gasteiger partial charge < -0.3 is 10.4 Å². The molecular weight excluding hydrogens is 299 g/mol. The quantitative estimate of drug-likeness (QED) is 0.901. The number of carbonyl (C=O) groups is 1. The average Bonchev–Trinajstić information content (AvgIpc) is 3.04. The molecule has 1 aliphatic heterocycles. The maximum atomic E-state index is 13.1. The van der Waals surface area contributed by atoms with Crippen molar-refractivity contribution in [2.24, 2.45) is 0 Å². The summed E-state index contributed by atoms with van der Waals surface area (Å²) in [6.45, 7) is 3.62. The summed E-state index contributed by atoms with van der Waals surface area (Å²) in [5.74, 6) is 0.715. The van der Waals surface area contributed by atoms with E-state index in [1.165, 1.54) is 12.1 Å². The van der Waals surface area contributed by atoms with Gasteiger partial charge in [0.15, 0.2) is 5.82 Å². The molecule has 0 spiro atoms. The van der Waals surface area contributed by atoms with Crippen LogP contribution in [0.5, 0.6) is 0 Å². The van der Waals surface area contributed by atoms with Gasteiger partial charge in [-0.15, -0.1) is 0 Å². The Morgan fingerprint density at radius 1 is 1.39 bits per heavy atom. The summed E-state index contributed by atoms with van der Waals surface area (Å²) in [6.07, 6.45) is 1.10. The molecule has 6 nitrogen and oxygen atoms in total. The van der Waals surface area contributed by atoms with Gasteiger partial charge in [-0.25, -0.2) is 14.1 Å². The largest absolute Gasteiger partial charge is 0.389 e. The van der Waals surface area contributed by atoms with Crippen LogP contribution in [0.1, 0.15) is 38.6 Å². The van der Waals surface area contributed by atoms with Crippen molar-refractivity contribution in [3.8, 4) is 11.4 Å². The highest BCUT2D eigenvalue weighted by atomic mass is 19.1. The van der Waals surface area contributed by atoms with Gasteiger partial charge in [0, 0.05) is 12.0 Å². The molecule has 2 heterocycles. The fourth-order valence-corrected chi connectivity index (χ4v) is 2.62. The molecule has 7 heteroatoms. The van der Waals surface area contributed by atoms with E-state index in [1.54, 1.807) is 30.7 Å². The first-order valence-electron chi connectivity index (χ1n) is 7.54. The van der Waals surface area contributed by atoms with Crippen molar-refractivity contribution >= 4 is 5.91 Å². The van der Waals surface area contributed by atoms with E-state index < -0.39 is 5.60 Å². The highest BCUT2D eigenvalue weighted by molar-refractivity contribution is 5.78. The molecule has 2 N–H and O–H groups in total. The maximum absolute atomic E-state index is 13.1. The van der Waals surface area contributed by atoms with Crippen LogP contribution in [0.2, 0.25) is 0 Å². The SMILES string of the molecule is CC(C)(O)Cn1nc(-c2ccc(F)cc2)nc1[C@@H]1CCC(=O)N1. The molecule has 1 aliphatic rings. The zero-order valence-electron chi connectivity index (χ0n) is 13.1. The Labute approximate surface area is 133 Å². The predicted molar refractivity (Wildman–Crippen MR) is 81.8 cm³/mol. The maximum Gasteiger partial charge on any atom is 0.220 e. The monoisotopic (exact) mass is 318 g/mol. The fraction of sp³-hybridized carbons (Fsp3) is 0.438. The minimum absolute atomic E-state index is 0.0175. The molecule has 0 bridgehead atoms. The lowest BCUT2D eigenvalue weighted by molar-refractivity contribution is -0.119. The number of benzene rings is 1. The minimum Gasteiger partial charge on any atom is -0.389 e. The Balaban J connectivity index is 1.98. The van der Waals surface area contributed by atoms with E-state index in [9.17, 15) is 14.3 Å². The van der Waals surface area contributed by atoms with Gasteiger partial charge >= 0.3 is 0 Å². The average molecular weight is 318 g/mol. The van der Waals surface area contributed by atoms with Gasteiger partial charge in [-0.05, 0) is 44.5 Å². The normalized spacial score (nSPS) is 18.3. The summed E-state index contributed by atoms with van der Waals surface area (Å²) in [5, 5.41) is 17.4. The fourth-order valence-electron chi connectivity index (χ4n) is 2.62. The van der Waals surface area contributed by atoms with Gasteiger partial charge in [0.25, 0.3) is 0 Å². The summed E-state index contributed by atoms with van der Waals surface area (Å²) in [4.78, 5) is 16.0. The molecule has 1 aromatic carbocycles. The van der Waals surface area contributed by atoms with Crippen LogP contribution >= 0.6 is 0 Å². The summed E-state index contributed by atoms with van der Waals surface area (Å²) in [7, 11) is 0. The van der Waals surface area contributed by atoms with Crippen molar-refractivity contribution < 1.29 is 14.3 Å². The zero-order valence-corrected chi connectivity index (χ0v) is 13.1. The number of rotatable bonds is 4. The summed E-state index contributed by atoms with van der Waals surface area (Å²) >= 11 is 0. The van der Waals surface area contributed by atoms with E-state index in [1.807, 2.05) is 0 Å². The van der Waals surface area contributed by atoms with Crippen LogP contribution in [0.4, 0.5) is 4.39 Å². The Morgan fingerprint density at radius 2 is 2.09 bits per heavy atom. The van der Waals surface area contributed by atoms with Crippen molar-refractivity contribution in [2.75, 3.05) is 0 Å². The molecule has 0 unspecified atom stereocenters. The minimum atomic E-state index is -0.967. The third-order valence-corrected chi connectivity index (χ3v) is 3.65. The topological polar surface area (TPSA) is 80.0 Å². The number of nitrogens with one attached hydrogen (secondary N) is 1. The third-order valence-electron chi connectivity index (χ3n) is 3.65. The Morgan fingerprint density at radius 3 is 2.65 bits per heavy atom. The lowest BCUT2D eigenvalue weighted by atomic mass is 10.1. The van der Waals surface area contributed by atoms with E-state index >= 15 is 0 Å². The second kappa shape index (κ2) is 5.73. The molecule has 3 rings (SSSR count). The van der Waals surface area contributed by atoms with Crippen molar-refractivity contribution in [1.82, 2.24) is 20.1 Å². The highest BCUT2D eigenvalue weighted by Gasteiger charge is 2.29. The standard InChI is InChI=1S/C16H19FN4O2/c1-16(2,23)9-21-15(12-7-8-13(22)18-12)19-14(20-21)10-3-5-11(17)6-4-10/h3-6,12,23H,7-9H2,1-2H3,(H,18,22)/t12-/m0/s1. The van der Waals surface area contributed by atoms with Crippen LogP contribution in [0, 0.1) is 5.82 Å². The number of halogens is 1. The molecule has 1 amide bonds. The van der Waals surface area contributed by atoms with Crippen LogP contribution in [0.3, 0.4) is 0 Å². The number of aliphatic hydroxyl groups is 1.